The number of ether oxygens (including phenoxy) is 3. The molecule has 0 saturated carbocycles. The molecule has 0 radical (unpaired) electrons. The van der Waals surface area contributed by atoms with Crippen LogP contribution in [0.2, 0.25) is 0 Å². The van der Waals surface area contributed by atoms with E-state index in [1.54, 1.807) is 13.8 Å². The first-order chi connectivity index (χ1) is 13.7. The number of hydrogen-bond acceptors (Lipinski definition) is 7. The number of carbonyl (C=O) groups excluding carboxylic acids is 3. The molecule has 1 aliphatic rings. The molecule has 1 heterocycles. The highest BCUT2D eigenvalue weighted by Crippen LogP contribution is 2.35. The van der Waals surface area contributed by atoms with Crippen LogP contribution in [0.4, 0.5) is 13.6 Å². The maximum Gasteiger partial charge on any atom is 0.387 e. The summed E-state index contributed by atoms with van der Waals surface area (Å²) in [6, 6.07) is 4.16. The SMILES string of the molecule is CCOc1cc(/C=C2\SC(=O)N(CC(=O)O[C@H](C)CC)C2=O)ccc1OC(F)F. The van der Waals surface area contributed by atoms with Crippen molar-refractivity contribution in [2.75, 3.05) is 13.2 Å². The third kappa shape index (κ3) is 6.18. The van der Waals surface area contributed by atoms with Gasteiger partial charge in [-0.1, -0.05) is 13.0 Å². The van der Waals surface area contributed by atoms with E-state index in [1.807, 2.05) is 6.92 Å². The first-order valence-corrected chi connectivity index (χ1v) is 9.73. The zero-order chi connectivity index (χ0) is 21.6. The minimum absolute atomic E-state index is 0.0814. The number of amides is 2. The summed E-state index contributed by atoms with van der Waals surface area (Å²) in [6.07, 6.45) is 1.71. The lowest BCUT2D eigenvalue weighted by Gasteiger charge is -2.14. The Morgan fingerprint density at radius 2 is 1.97 bits per heavy atom. The Kier molecular flexibility index (Phi) is 8.00. The van der Waals surface area contributed by atoms with E-state index >= 15 is 0 Å². The van der Waals surface area contributed by atoms with E-state index in [-0.39, 0.29) is 29.1 Å². The van der Waals surface area contributed by atoms with E-state index in [1.165, 1.54) is 24.3 Å². The minimum Gasteiger partial charge on any atom is -0.490 e. The summed E-state index contributed by atoms with van der Waals surface area (Å²) in [6.45, 7) is 1.97. The molecule has 1 saturated heterocycles. The monoisotopic (exact) mass is 429 g/mol. The number of thioether (sulfide) groups is 1. The van der Waals surface area contributed by atoms with E-state index in [0.29, 0.717) is 23.7 Å². The van der Waals surface area contributed by atoms with E-state index in [0.717, 1.165) is 4.90 Å². The lowest BCUT2D eigenvalue weighted by molar-refractivity contribution is -0.150. The van der Waals surface area contributed by atoms with Gasteiger partial charge in [0.2, 0.25) is 0 Å². The highest BCUT2D eigenvalue weighted by Gasteiger charge is 2.36. The number of esters is 1. The van der Waals surface area contributed by atoms with E-state index in [9.17, 15) is 23.2 Å². The fourth-order valence-electron chi connectivity index (χ4n) is 2.34. The summed E-state index contributed by atoms with van der Waals surface area (Å²) >= 11 is 0.676. The van der Waals surface area contributed by atoms with Gasteiger partial charge in [-0.05, 0) is 55.8 Å². The van der Waals surface area contributed by atoms with Crippen molar-refractivity contribution in [3.63, 3.8) is 0 Å². The summed E-state index contributed by atoms with van der Waals surface area (Å²) in [4.78, 5) is 37.4. The molecular weight excluding hydrogens is 408 g/mol. The van der Waals surface area contributed by atoms with Crippen LogP contribution >= 0.6 is 11.8 Å². The van der Waals surface area contributed by atoms with E-state index in [4.69, 9.17) is 9.47 Å². The van der Waals surface area contributed by atoms with Gasteiger partial charge in [-0.2, -0.15) is 8.78 Å². The predicted octanol–water partition coefficient (Wildman–Crippen LogP) is 4.06. The van der Waals surface area contributed by atoms with Gasteiger partial charge in [-0.25, -0.2) is 0 Å². The fraction of sp³-hybridized carbons (Fsp3) is 0.421. The van der Waals surface area contributed by atoms with Crippen LogP contribution in [-0.2, 0) is 14.3 Å². The smallest absolute Gasteiger partial charge is 0.387 e. The predicted molar refractivity (Wildman–Crippen MR) is 103 cm³/mol. The molecular formula is C19H21F2NO6S. The number of imide groups is 1. The molecule has 1 atom stereocenters. The van der Waals surface area contributed by atoms with Crippen molar-refractivity contribution in [3.05, 3.63) is 28.7 Å². The zero-order valence-electron chi connectivity index (χ0n) is 16.1. The molecule has 1 aliphatic heterocycles. The Morgan fingerprint density at radius 1 is 1.24 bits per heavy atom. The van der Waals surface area contributed by atoms with Crippen LogP contribution in [0.25, 0.3) is 6.08 Å². The highest BCUT2D eigenvalue weighted by molar-refractivity contribution is 8.18. The molecule has 1 fully saturated rings. The third-order valence-corrected chi connectivity index (χ3v) is 4.76. The quantitative estimate of drug-likeness (QED) is 0.432. The Hall–Kier alpha value is -2.62. The first-order valence-electron chi connectivity index (χ1n) is 8.91. The summed E-state index contributed by atoms with van der Waals surface area (Å²) in [5.74, 6) is -1.36. The van der Waals surface area contributed by atoms with Crippen LogP contribution in [0.15, 0.2) is 23.1 Å². The van der Waals surface area contributed by atoms with Crippen LogP contribution in [0.1, 0.15) is 32.8 Å². The van der Waals surface area contributed by atoms with E-state index in [2.05, 4.69) is 4.74 Å². The molecule has 0 N–H and O–H groups in total. The maximum absolute atomic E-state index is 12.5. The van der Waals surface area contributed by atoms with Gasteiger partial charge >= 0.3 is 12.6 Å². The largest absolute Gasteiger partial charge is 0.490 e. The van der Waals surface area contributed by atoms with Gasteiger partial charge in [0.15, 0.2) is 11.5 Å². The van der Waals surface area contributed by atoms with Gasteiger partial charge in [0.05, 0.1) is 17.6 Å². The van der Waals surface area contributed by atoms with Gasteiger partial charge in [0.1, 0.15) is 6.54 Å². The van der Waals surface area contributed by atoms with Gasteiger partial charge in [-0.3, -0.25) is 19.3 Å². The van der Waals surface area contributed by atoms with Gasteiger partial charge < -0.3 is 14.2 Å². The zero-order valence-corrected chi connectivity index (χ0v) is 17.0. The number of halogens is 2. The number of benzene rings is 1. The average molecular weight is 429 g/mol. The lowest BCUT2D eigenvalue weighted by atomic mass is 10.2. The molecule has 2 rings (SSSR count). The van der Waals surface area contributed by atoms with Crippen molar-refractivity contribution in [2.24, 2.45) is 0 Å². The lowest BCUT2D eigenvalue weighted by Crippen LogP contribution is -2.35. The molecule has 0 spiro atoms. The molecule has 0 bridgehead atoms. The summed E-state index contributed by atoms with van der Waals surface area (Å²) in [5, 5.41) is -0.593. The number of alkyl halides is 2. The summed E-state index contributed by atoms with van der Waals surface area (Å²) < 4.78 is 39.8. The van der Waals surface area contributed by atoms with Crippen molar-refractivity contribution in [3.8, 4) is 11.5 Å². The minimum atomic E-state index is -3.01. The second-order valence-corrected chi connectivity index (χ2v) is 6.99. The maximum atomic E-state index is 12.5. The second kappa shape index (κ2) is 10.2. The molecule has 0 aliphatic carbocycles. The Morgan fingerprint density at radius 3 is 2.59 bits per heavy atom. The molecule has 158 valence electrons. The summed E-state index contributed by atoms with van der Waals surface area (Å²) in [7, 11) is 0. The van der Waals surface area contributed by atoms with Crippen LogP contribution in [0, 0.1) is 0 Å². The van der Waals surface area contributed by atoms with Crippen LogP contribution < -0.4 is 9.47 Å². The van der Waals surface area contributed by atoms with Gasteiger partial charge in [0.25, 0.3) is 11.1 Å². The molecule has 2 amide bonds. The fourth-order valence-corrected chi connectivity index (χ4v) is 3.18. The second-order valence-electron chi connectivity index (χ2n) is 5.99. The molecule has 0 unspecified atom stereocenters. The first kappa shape index (κ1) is 22.7. The number of hydrogen-bond donors (Lipinski definition) is 0. The number of nitrogens with zero attached hydrogens (tertiary/aromatic N) is 1. The average Bonchev–Trinajstić information content (AvgIpc) is 2.91. The summed E-state index contributed by atoms with van der Waals surface area (Å²) in [5.41, 5.74) is 0.447. The number of rotatable bonds is 9. The van der Waals surface area contributed by atoms with Gasteiger partial charge in [-0.15, -0.1) is 0 Å². The standard InChI is InChI=1S/C19H21F2NO6S/c1-4-11(3)27-16(23)10-22-17(24)15(29-19(22)25)9-12-6-7-13(28-18(20)21)14(8-12)26-5-2/h6-9,11,18H,4-5,10H2,1-3H3/b15-9-/t11-/m1/s1. The third-order valence-electron chi connectivity index (χ3n) is 3.85. The van der Waals surface area contributed by atoms with Crippen molar-refractivity contribution in [1.82, 2.24) is 4.90 Å². The van der Waals surface area contributed by atoms with Crippen LogP contribution in [-0.4, -0.2) is 47.9 Å². The molecule has 1 aromatic carbocycles. The van der Waals surface area contributed by atoms with Crippen LogP contribution in [0.5, 0.6) is 11.5 Å². The van der Waals surface area contributed by atoms with Crippen molar-refractivity contribution >= 4 is 35.0 Å². The van der Waals surface area contributed by atoms with Crippen molar-refractivity contribution in [2.45, 2.75) is 39.9 Å². The molecule has 10 heteroatoms. The molecule has 7 nitrogen and oxygen atoms in total. The van der Waals surface area contributed by atoms with Crippen molar-refractivity contribution < 1.29 is 37.4 Å². The van der Waals surface area contributed by atoms with Crippen LogP contribution in [0.3, 0.4) is 0 Å². The Balaban J connectivity index is 2.18. The Labute approximate surface area is 171 Å². The molecule has 29 heavy (non-hydrogen) atoms. The highest BCUT2D eigenvalue weighted by atomic mass is 32.2. The van der Waals surface area contributed by atoms with Crippen molar-refractivity contribution in [1.29, 1.82) is 0 Å². The number of carbonyl (C=O) groups is 3. The van der Waals surface area contributed by atoms with Gasteiger partial charge in [0, 0.05) is 0 Å². The molecule has 0 aromatic heterocycles. The normalized spacial score (nSPS) is 16.5. The Bertz CT molecular complexity index is 814. The molecule has 1 aromatic rings. The van der Waals surface area contributed by atoms with E-state index < -0.39 is 30.3 Å². The topological polar surface area (TPSA) is 82.1 Å².